The zero-order chi connectivity index (χ0) is 27.4. The maximum atomic E-state index is 13.2. The molecule has 1 fully saturated rings. The first-order chi connectivity index (χ1) is 18.9. The van der Waals surface area contributed by atoms with E-state index in [2.05, 4.69) is 27.4 Å². The third-order valence-corrected chi connectivity index (χ3v) is 7.85. The van der Waals surface area contributed by atoms with Gasteiger partial charge in [-0.1, -0.05) is 24.3 Å². The van der Waals surface area contributed by atoms with Gasteiger partial charge in [-0.2, -0.15) is 9.97 Å². The van der Waals surface area contributed by atoms with Gasteiger partial charge in [0.2, 0.25) is 5.91 Å². The van der Waals surface area contributed by atoms with Crippen molar-refractivity contribution in [2.45, 2.75) is 51.0 Å². The lowest BCUT2D eigenvalue weighted by atomic mass is 9.77. The number of fused-ring (bicyclic) bond motifs is 1. The number of carbonyl (C=O) groups excluding carboxylic acids is 2. The minimum atomic E-state index is -0.185. The number of carbonyl (C=O) groups is 2. The minimum absolute atomic E-state index is 0.107. The molecule has 1 aliphatic heterocycles. The number of anilines is 2. The zero-order valence-electron chi connectivity index (χ0n) is 22.5. The fraction of sp³-hybridized carbons (Fsp3) is 0.400. The Morgan fingerprint density at radius 1 is 1.00 bits per heavy atom. The van der Waals surface area contributed by atoms with Crippen molar-refractivity contribution < 1.29 is 19.1 Å². The molecule has 2 aliphatic rings. The number of nitrogen functional groups attached to an aromatic ring is 1. The number of amides is 2. The van der Waals surface area contributed by atoms with E-state index >= 15 is 0 Å². The standard InChI is InChI=1S/C30H35N5O4/c1-38-24-13-5-20(6-14-24)18-32-26(36)17-19-3-7-21(8-4-19)22-9-11-23(12-10-22)35-16-15-25-27(29(35)37)28(31)34-30(33-25)39-2/h5-6,9-14,19,21H,3-4,7-8,15-18H2,1-2H3,(H,32,36)(H2,31,33,34)/t19-,21-. The van der Waals surface area contributed by atoms with Gasteiger partial charge in [0.1, 0.15) is 17.1 Å². The largest absolute Gasteiger partial charge is 0.497 e. The van der Waals surface area contributed by atoms with Crippen molar-refractivity contribution in [3.63, 3.8) is 0 Å². The number of aromatic nitrogens is 2. The highest BCUT2D eigenvalue weighted by atomic mass is 16.5. The van der Waals surface area contributed by atoms with E-state index in [1.54, 1.807) is 12.0 Å². The molecule has 0 saturated heterocycles. The maximum absolute atomic E-state index is 13.2. The monoisotopic (exact) mass is 529 g/mol. The summed E-state index contributed by atoms with van der Waals surface area (Å²) in [4.78, 5) is 35.8. The van der Waals surface area contributed by atoms with Gasteiger partial charge in [0.05, 0.1) is 19.9 Å². The highest BCUT2D eigenvalue weighted by Gasteiger charge is 2.31. The molecule has 204 valence electrons. The van der Waals surface area contributed by atoms with Gasteiger partial charge < -0.3 is 25.4 Å². The summed E-state index contributed by atoms with van der Waals surface area (Å²) in [6.45, 7) is 1.06. The van der Waals surface area contributed by atoms with Gasteiger partial charge in [0.15, 0.2) is 0 Å². The summed E-state index contributed by atoms with van der Waals surface area (Å²) in [7, 11) is 3.12. The van der Waals surface area contributed by atoms with Crippen LogP contribution in [0.15, 0.2) is 48.5 Å². The Morgan fingerprint density at radius 2 is 1.72 bits per heavy atom. The second-order valence-corrected chi connectivity index (χ2v) is 10.3. The van der Waals surface area contributed by atoms with Crippen molar-refractivity contribution in [2.24, 2.45) is 5.92 Å². The van der Waals surface area contributed by atoms with Crippen molar-refractivity contribution in [3.05, 3.63) is 70.9 Å². The summed E-state index contributed by atoms with van der Waals surface area (Å²) >= 11 is 0. The van der Waals surface area contributed by atoms with Crippen molar-refractivity contribution in [3.8, 4) is 11.8 Å². The first-order valence-corrected chi connectivity index (χ1v) is 13.5. The van der Waals surface area contributed by atoms with E-state index in [9.17, 15) is 9.59 Å². The van der Waals surface area contributed by atoms with E-state index in [1.165, 1.54) is 12.7 Å². The van der Waals surface area contributed by atoms with E-state index < -0.39 is 0 Å². The van der Waals surface area contributed by atoms with Crippen LogP contribution >= 0.6 is 0 Å². The first-order valence-electron chi connectivity index (χ1n) is 13.5. The highest BCUT2D eigenvalue weighted by Crippen LogP contribution is 2.38. The molecule has 0 spiro atoms. The molecule has 3 N–H and O–H groups in total. The quantitative estimate of drug-likeness (QED) is 0.447. The summed E-state index contributed by atoms with van der Waals surface area (Å²) in [5, 5.41) is 3.05. The van der Waals surface area contributed by atoms with Crippen molar-refractivity contribution in [1.29, 1.82) is 0 Å². The summed E-state index contributed by atoms with van der Waals surface area (Å²) in [6, 6.07) is 16.2. The topological polar surface area (TPSA) is 120 Å². The molecule has 2 aromatic carbocycles. The molecular weight excluding hydrogens is 494 g/mol. The van der Waals surface area contributed by atoms with Crippen LogP contribution in [0, 0.1) is 5.92 Å². The smallest absolute Gasteiger partial charge is 0.318 e. The number of rotatable bonds is 8. The molecular formula is C30H35N5O4. The maximum Gasteiger partial charge on any atom is 0.318 e. The van der Waals surface area contributed by atoms with Crippen LogP contribution in [-0.2, 0) is 17.8 Å². The first kappa shape index (κ1) is 26.5. The number of ether oxygens (including phenoxy) is 2. The lowest BCUT2D eigenvalue weighted by Crippen LogP contribution is -2.39. The highest BCUT2D eigenvalue weighted by molar-refractivity contribution is 6.10. The van der Waals surface area contributed by atoms with Crippen LogP contribution in [0.2, 0.25) is 0 Å². The van der Waals surface area contributed by atoms with Crippen LogP contribution in [0.1, 0.15) is 65.2 Å². The molecule has 3 aromatic rings. The van der Waals surface area contributed by atoms with Crippen LogP contribution < -0.4 is 25.4 Å². The average Bonchev–Trinajstić information content (AvgIpc) is 2.97. The number of nitrogens with two attached hydrogens (primary N) is 1. The average molecular weight is 530 g/mol. The molecule has 0 atom stereocenters. The van der Waals surface area contributed by atoms with Crippen molar-refractivity contribution >= 4 is 23.3 Å². The van der Waals surface area contributed by atoms with Crippen molar-refractivity contribution in [1.82, 2.24) is 15.3 Å². The lowest BCUT2D eigenvalue weighted by Gasteiger charge is -2.30. The predicted molar refractivity (Wildman–Crippen MR) is 149 cm³/mol. The Morgan fingerprint density at radius 3 is 2.38 bits per heavy atom. The van der Waals surface area contributed by atoms with Gasteiger partial charge in [0.25, 0.3) is 5.91 Å². The summed E-state index contributed by atoms with van der Waals surface area (Å²) in [5.74, 6) is 1.75. The number of nitrogens with zero attached hydrogens (tertiary/aromatic N) is 3. The Balaban J connectivity index is 1.12. The number of hydrogen-bond acceptors (Lipinski definition) is 7. The Bertz CT molecular complexity index is 1320. The van der Waals surface area contributed by atoms with Crippen LogP contribution in [0.3, 0.4) is 0 Å². The van der Waals surface area contributed by atoms with Crippen molar-refractivity contribution in [2.75, 3.05) is 31.4 Å². The van der Waals surface area contributed by atoms with Crippen LogP contribution in [-0.4, -0.2) is 42.5 Å². The number of benzene rings is 2. The molecule has 2 amide bonds. The second-order valence-electron chi connectivity index (χ2n) is 10.3. The fourth-order valence-corrected chi connectivity index (χ4v) is 5.61. The summed E-state index contributed by atoms with van der Waals surface area (Å²) < 4.78 is 10.3. The Hall–Kier alpha value is -4.14. The van der Waals surface area contributed by atoms with Gasteiger partial charge >= 0.3 is 6.01 Å². The molecule has 1 aromatic heterocycles. The molecule has 5 rings (SSSR count). The SMILES string of the molecule is COc1ccc(CNC(=O)C[C@H]2CC[C@H](c3ccc(N4CCc5nc(OC)nc(N)c5C4=O)cc3)CC2)cc1. The minimum Gasteiger partial charge on any atom is -0.497 e. The molecule has 1 saturated carbocycles. The van der Waals surface area contributed by atoms with E-state index in [4.69, 9.17) is 15.2 Å². The molecule has 9 nitrogen and oxygen atoms in total. The third-order valence-electron chi connectivity index (χ3n) is 7.85. The van der Waals surface area contributed by atoms with E-state index in [0.29, 0.717) is 49.0 Å². The number of methoxy groups -OCH3 is 2. The summed E-state index contributed by atoms with van der Waals surface area (Å²) in [5.41, 5.74) is 10.2. The van der Waals surface area contributed by atoms with Gasteiger partial charge in [0, 0.05) is 31.6 Å². The normalized spacial score (nSPS) is 18.8. The fourth-order valence-electron chi connectivity index (χ4n) is 5.61. The number of hydrogen-bond donors (Lipinski definition) is 2. The molecule has 1 aliphatic carbocycles. The Labute approximate surface area is 228 Å². The Kier molecular flexibility index (Phi) is 7.95. The predicted octanol–water partition coefficient (Wildman–Crippen LogP) is 4.26. The van der Waals surface area contributed by atoms with E-state index in [1.807, 2.05) is 36.4 Å². The molecule has 0 unspecified atom stereocenters. The zero-order valence-corrected chi connectivity index (χ0v) is 22.5. The molecule has 0 bridgehead atoms. The van der Waals surface area contributed by atoms with E-state index in [-0.39, 0.29) is 23.6 Å². The van der Waals surface area contributed by atoms with Crippen LogP contribution in [0.25, 0.3) is 0 Å². The second kappa shape index (κ2) is 11.7. The molecule has 2 heterocycles. The molecule has 39 heavy (non-hydrogen) atoms. The van der Waals surface area contributed by atoms with Gasteiger partial charge in [-0.25, -0.2) is 0 Å². The van der Waals surface area contributed by atoms with Gasteiger partial charge in [-0.3, -0.25) is 9.59 Å². The van der Waals surface area contributed by atoms with Crippen LogP contribution in [0.5, 0.6) is 11.8 Å². The van der Waals surface area contributed by atoms with Crippen LogP contribution in [0.4, 0.5) is 11.5 Å². The third kappa shape index (κ3) is 5.97. The van der Waals surface area contributed by atoms with Gasteiger partial charge in [-0.15, -0.1) is 0 Å². The molecule has 0 radical (unpaired) electrons. The van der Waals surface area contributed by atoms with E-state index in [0.717, 1.165) is 42.7 Å². The van der Waals surface area contributed by atoms with Gasteiger partial charge in [-0.05, 0) is 72.9 Å². The lowest BCUT2D eigenvalue weighted by molar-refractivity contribution is -0.122. The summed E-state index contributed by atoms with van der Waals surface area (Å²) in [6.07, 6.45) is 5.34. The molecule has 9 heteroatoms. The number of nitrogens with one attached hydrogen (secondary N) is 1.